The van der Waals surface area contributed by atoms with Crippen molar-refractivity contribution in [2.75, 3.05) is 13.2 Å². The molecule has 2 rings (SSSR count). The summed E-state index contributed by atoms with van der Waals surface area (Å²) in [6.45, 7) is 2.61. The zero-order chi connectivity index (χ0) is 18.4. The van der Waals surface area contributed by atoms with Crippen LogP contribution in [0.5, 0.6) is 5.75 Å². The predicted octanol–water partition coefficient (Wildman–Crippen LogP) is 3.29. The van der Waals surface area contributed by atoms with E-state index >= 15 is 0 Å². The number of carbonyl (C=O) groups is 1. The first kappa shape index (κ1) is 19.6. The fourth-order valence-electron chi connectivity index (χ4n) is 2.98. The van der Waals surface area contributed by atoms with E-state index in [1.165, 1.54) is 0 Å². The van der Waals surface area contributed by atoms with Crippen LogP contribution in [-0.4, -0.2) is 42.2 Å². The first-order valence-electron chi connectivity index (χ1n) is 8.64. The molecule has 2 N–H and O–H groups in total. The monoisotopic (exact) mass is 358 g/mol. The molecule has 0 saturated carbocycles. The number of nitrogens with two attached hydrogens (primary N) is 1. The summed E-state index contributed by atoms with van der Waals surface area (Å²) in [5, 5.41) is 0. The summed E-state index contributed by atoms with van der Waals surface area (Å²) in [6.07, 6.45) is -2.91. The van der Waals surface area contributed by atoms with Crippen LogP contribution < -0.4 is 10.5 Å². The Hall–Kier alpha value is -1.76. The highest BCUT2D eigenvalue weighted by Crippen LogP contribution is 2.32. The minimum absolute atomic E-state index is 0.0349. The lowest BCUT2D eigenvalue weighted by molar-refractivity contribution is -0.196. The van der Waals surface area contributed by atoms with Gasteiger partial charge in [0.25, 0.3) is 0 Å². The van der Waals surface area contributed by atoms with Crippen LogP contribution in [0.25, 0.3) is 0 Å². The number of benzene rings is 1. The van der Waals surface area contributed by atoms with Gasteiger partial charge in [0.05, 0.1) is 6.61 Å². The van der Waals surface area contributed by atoms with Gasteiger partial charge in [-0.25, -0.2) is 0 Å². The van der Waals surface area contributed by atoms with E-state index in [-0.39, 0.29) is 25.8 Å². The average molecular weight is 358 g/mol. The van der Waals surface area contributed by atoms with Crippen molar-refractivity contribution in [3.8, 4) is 5.75 Å². The molecule has 0 bridgehead atoms. The molecular formula is C18H25F3N2O2. The Kier molecular flexibility index (Phi) is 6.70. The molecule has 1 saturated heterocycles. The maximum absolute atomic E-state index is 13.1. The van der Waals surface area contributed by atoms with Gasteiger partial charge in [-0.15, -0.1) is 0 Å². The molecule has 7 heteroatoms. The third-order valence-electron chi connectivity index (χ3n) is 4.34. The maximum atomic E-state index is 13.1. The van der Waals surface area contributed by atoms with E-state index in [0.29, 0.717) is 13.0 Å². The molecule has 0 aliphatic carbocycles. The molecule has 1 fully saturated rings. The number of amides is 1. The van der Waals surface area contributed by atoms with Gasteiger partial charge in [0.15, 0.2) is 0 Å². The van der Waals surface area contributed by atoms with Gasteiger partial charge in [0.2, 0.25) is 5.91 Å². The normalized spacial score (nSPS) is 21.2. The van der Waals surface area contributed by atoms with Gasteiger partial charge in [-0.2, -0.15) is 13.2 Å². The molecule has 0 spiro atoms. The average Bonchev–Trinajstić information content (AvgIpc) is 2.57. The number of hydrogen-bond acceptors (Lipinski definition) is 3. The molecule has 140 valence electrons. The molecule has 0 aromatic heterocycles. The van der Waals surface area contributed by atoms with Crippen LogP contribution >= 0.6 is 0 Å². The van der Waals surface area contributed by atoms with Gasteiger partial charge >= 0.3 is 6.18 Å². The van der Waals surface area contributed by atoms with E-state index in [2.05, 4.69) is 0 Å². The highest BCUT2D eigenvalue weighted by molar-refractivity contribution is 5.77. The van der Waals surface area contributed by atoms with Crippen LogP contribution in [0.15, 0.2) is 24.3 Å². The minimum Gasteiger partial charge on any atom is -0.494 e. The Balaban J connectivity index is 1.93. The van der Waals surface area contributed by atoms with Crippen LogP contribution in [0.3, 0.4) is 0 Å². The van der Waals surface area contributed by atoms with E-state index in [0.717, 1.165) is 22.6 Å². The van der Waals surface area contributed by atoms with E-state index in [1.54, 1.807) is 0 Å². The van der Waals surface area contributed by atoms with Gasteiger partial charge in [-0.3, -0.25) is 4.79 Å². The number of rotatable bonds is 6. The van der Waals surface area contributed by atoms with Gasteiger partial charge in [-0.1, -0.05) is 19.1 Å². The fourth-order valence-corrected chi connectivity index (χ4v) is 2.98. The summed E-state index contributed by atoms with van der Waals surface area (Å²) < 4.78 is 44.9. The molecule has 1 aliphatic rings. The highest BCUT2D eigenvalue weighted by atomic mass is 19.4. The van der Waals surface area contributed by atoms with Crippen molar-refractivity contribution in [3.63, 3.8) is 0 Å². The summed E-state index contributed by atoms with van der Waals surface area (Å²) in [5.74, 6) is 0.250. The number of ether oxygens (including phenoxy) is 1. The van der Waals surface area contributed by atoms with E-state index < -0.39 is 24.2 Å². The smallest absolute Gasteiger partial charge is 0.408 e. The SMILES string of the molecule is CCCOc1ccc(CCC(=O)N2CC(N)CCC2C(F)(F)F)cc1. The molecule has 0 radical (unpaired) electrons. The van der Waals surface area contributed by atoms with Crippen molar-refractivity contribution in [1.29, 1.82) is 0 Å². The summed E-state index contributed by atoms with van der Waals surface area (Å²) >= 11 is 0. The van der Waals surface area contributed by atoms with E-state index in [9.17, 15) is 18.0 Å². The standard InChI is InChI=1S/C18H25F3N2O2/c1-2-11-25-15-7-3-13(4-8-15)5-10-17(24)23-12-14(22)6-9-16(23)18(19,20)21/h3-4,7-8,14,16H,2,5-6,9-12,22H2,1H3. The molecule has 1 amide bonds. The van der Waals surface area contributed by atoms with Crippen molar-refractivity contribution in [1.82, 2.24) is 4.90 Å². The molecule has 1 aromatic carbocycles. The van der Waals surface area contributed by atoms with Crippen molar-refractivity contribution in [3.05, 3.63) is 29.8 Å². The molecule has 1 aromatic rings. The third-order valence-corrected chi connectivity index (χ3v) is 4.34. The summed E-state index contributed by atoms with van der Waals surface area (Å²) in [5.41, 5.74) is 6.65. The maximum Gasteiger partial charge on any atom is 0.408 e. The van der Waals surface area contributed by atoms with Crippen molar-refractivity contribution in [2.45, 2.75) is 57.3 Å². The Morgan fingerprint density at radius 2 is 1.96 bits per heavy atom. The molecular weight excluding hydrogens is 333 g/mol. The van der Waals surface area contributed by atoms with Crippen molar-refractivity contribution < 1.29 is 22.7 Å². The zero-order valence-electron chi connectivity index (χ0n) is 14.4. The van der Waals surface area contributed by atoms with E-state index in [4.69, 9.17) is 10.5 Å². The zero-order valence-corrected chi connectivity index (χ0v) is 14.4. The predicted molar refractivity (Wildman–Crippen MR) is 89.3 cm³/mol. The number of likely N-dealkylation sites (tertiary alicyclic amines) is 1. The number of hydrogen-bond donors (Lipinski definition) is 1. The Bertz CT molecular complexity index is 560. The molecule has 25 heavy (non-hydrogen) atoms. The van der Waals surface area contributed by atoms with Crippen molar-refractivity contribution in [2.24, 2.45) is 5.73 Å². The number of carbonyl (C=O) groups excluding carboxylic acids is 1. The molecule has 2 atom stereocenters. The second-order valence-corrected chi connectivity index (χ2v) is 6.43. The number of nitrogens with zero attached hydrogens (tertiary/aromatic N) is 1. The number of aryl methyl sites for hydroxylation is 1. The van der Waals surface area contributed by atoms with E-state index in [1.807, 2.05) is 31.2 Å². The second kappa shape index (κ2) is 8.56. The Labute approximate surface area is 146 Å². The van der Waals surface area contributed by atoms with Crippen molar-refractivity contribution >= 4 is 5.91 Å². The Morgan fingerprint density at radius 1 is 1.28 bits per heavy atom. The van der Waals surface area contributed by atoms with Crippen LogP contribution in [-0.2, 0) is 11.2 Å². The minimum atomic E-state index is -4.41. The number of piperidine rings is 1. The molecule has 1 heterocycles. The summed E-state index contributed by atoms with van der Waals surface area (Å²) in [6, 6.07) is 5.18. The number of alkyl halides is 3. The molecule has 1 aliphatic heterocycles. The van der Waals surface area contributed by atoms with Gasteiger partial charge in [-0.05, 0) is 43.4 Å². The topological polar surface area (TPSA) is 55.6 Å². The lowest BCUT2D eigenvalue weighted by atomic mass is 9.97. The second-order valence-electron chi connectivity index (χ2n) is 6.43. The third kappa shape index (κ3) is 5.63. The van der Waals surface area contributed by atoms with Crippen LogP contribution in [0.1, 0.15) is 38.2 Å². The summed E-state index contributed by atoms with van der Waals surface area (Å²) in [4.78, 5) is 13.2. The van der Waals surface area contributed by atoms with Gasteiger partial charge < -0.3 is 15.4 Å². The first-order valence-corrected chi connectivity index (χ1v) is 8.64. The summed E-state index contributed by atoms with van der Waals surface area (Å²) in [7, 11) is 0. The fraction of sp³-hybridized carbons (Fsp3) is 0.611. The van der Waals surface area contributed by atoms with Crippen LogP contribution in [0, 0.1) is 0 Å². The molecule has 4 nitrogen and oxygen atoms in total. The largest absolute Gasteiger partial charge is 0.494 e. The quantitative estimate of drug-likeness (QED) is 0.849. The lowest BCUT2D eigenvalue weighted by Gasteiger charge is -2.39. The highest BCUT2D eigenvalue weighted by Gasteiger charge is 2.47. The van der Waals surface area contributed by atoms with Crippen LogP contribution in [0.2, 0.25) is 0 Å². The van der Waals surface area contributed by atoms with Gasteiger partial charge in [0, 0.05) is 19.0 Å². The molecule has 2 unspecified atom stereocenters. The lowest BCUT2D eigenvalue weighted by Crippen LogP contribution is -2.56. The first-order chi connectivity index (χ1) is 11.8. The Morgan fingerprint density at radius 3 is 2.56 bits per heavy atom. The van der Waals surface area contributed by atoms with Gasteiger partial charge in [0.1, 0.15) is 11.8 Å². The number of halogens is 3. The van der Waals surface area contributed by atoms with Crippen LogP contribution in [0.4, 0.5) is 13.2 Å².